The molecule has 2 aromatic carbocycles. The number of non-ortho nitro benzene ring substituents is 1. The van der Waals surface area contributed by atoms with Crippen LogP contribution >= 0.6 is 23.2 Å². The van der Waals surface area contributed by atoms with E-state index in [1.54, 1.807) is 54.7 Å². The fourth-order valence-electron chi connectivity index (χ4n) is 2.13. The first-order chi connectivity index (χ1) is 13.7. The van der Waals surface area contributed by atoms with Crippen molar-refractivity contribution in [1.29, 1.82) is 0 Å². The molecule has 2 rings (SSSR count). The predicted molar refractivity (Wildman–Crippen MR) is 114 cm³/mol. The van der Waals surface area contributed by atoms with E-state index in [4.69, 9.17) is 23.2 Å². The van der Waals surface area contributed by atoms with Gasteiger partial charge in [0, 0.05) is 17.2 Å². The molecule has 5 nitrogen and oxygen atoms in total. The molecule has 0 N–H and O–H groups in total. The average Bonchev–Trinajstić information content (AvgIpc) is 2.65. The molecular formula is C20H14Cl2FNO4S. The van der Waals surface area contributed by atoms with Crippen LogP contribution in [0.4, 0.5) is 9.57 Å². The SMILES string of the molecule is O=[N+]([O-])c1ccc(/C=C/C=C\C=C/C=C\c2ccc(S(=O)(=O)F)cc2Cl)c(Cl)c1. The number of nitrogens with zero attached hydrogens (tertiary/aromatic N) is 1. The summed E-state index contributed by atoms with van der Waals surface area (Å²) in [5.41, 5.74) is 1.12. The van der Waals surface area contributed by atoms with E-state index in [0.717, 1.165) is 12.1 Å². The third kappa shape index (κ3) is 6.98. The Hall–Kier alpha value is -2.74. The van der Waals surface area contributed by atoms with Crippen LogP contribution in [0.2, 0.25) is 10.0 Å². The zero-order valence-electron chi connectivity index (χ0n) is 14.7. The number of allylic oxidation sites excluding steroid dienone is 6. The van der Waals surface area contributed by atoms with Crippen molar-refractivity contribution in [2.45, 2.75) is 4.90 Å². The van der Waals surface area contributed by atoms with Crippen LogP contribution in [0.3, 0.4) is 0 Å². The van der Waals surface area contributed by atoms with E-state index in [0.29, 0.717) is 11.1 Å². The van der Waals surface area contributed by atoms with E-state index in [-0.39, 0.29) is 15.7 Å². The number of rotatable bonds is 7. The lowest BCUT2D eigenvalue weighted by molar-refractivity contribution is -0.384. The molecule has 0 saturated heterocycles. The van der Waals surface area contributed by atoms with E-state index in [1.165, 1.54) is 18.2 Å². The fraction of sp³-hybridized carbons (Fsp3) is 0. The third-order valence-electron chi connectivity index (χ3n) is 3.56. The molecule has 0 bridgehead atoms. The highest BCUT2D eigenvalue weighted by Gasteiger charge is 2.12. The molecule has 0 atom stereocenters. The van der Waals surface area contributed by atoms with Crippen molar-refractivity contribution in [2.75, 3.05) is 0 Å². The lowest BCUT2D eigenvalue weighted by atomic mass is 10.2. The molecule has 0 amide bonds. The largest absolute Gasteiger partial charge is 0.332 e. The lowest BCUT2D eigenvalue weighted by Gasteiger charge is -2.00. The second-order valence-electron chi connectivity index (χ2n) is 5.57. The Morgan fingerprint density at radius 3 is 1.76 bits per heavy atom. The van der Waals surface area contributed by atoms with Crippen LogP contribution in [-0.4, -0.2) is 13.3 Å². The zero-order valence-corrected chi connectivity index (χ0v) is 17.0. The van der Waals surface area contributed by atoms with Gasteiger partial charge < -0.3 is 0 Å². The number of halogens is 3. The van der Waals surface area contributed by atoms with Crippen LogP contribution in [0.1, 0.15) is 11.1 Å². The molecule has 0 heterocycles. The van der Waals surface area contributed by atoms with E-state index in [1.807, 2.05) is 0 Å². The van der Waals surface area contributed by atoms with Gasteiger partial charge in [-0.3, -0.25) is 10.1 Å². The van der Waals surface area contributed by atoms with Crippen molar-refractivity contribution in [1.82, 2.24) is 0 Å². The third-order valence-corrected chi connectivity index (χ3v) is 5.03. The summed E-state index contributed by atoms with van der Waals surface area (Å²) >= 11 is 11.9. The summed E-state index contributed by atoms with van der Waals surface area (Å²) in [7, 11) is -4.79. The van der Waals surface area contributed by atoms with Gasteiger partial charge in [-0.1, -0.05) is 77.9 Å². The molecule has 0 fully saturated rings. The highest BCUT2D eigenvalue weighted by atomic mass is 35.5. The van der Waals surface area contributed by atoms with Crippen molar-refractivity contribution in [3.05, 3.63) is 104 Å². The average molecular weight is 454 g/mol. The lowest BCUT2D eigenvalue weighted by Crippen LogP contribution is -1.91. The van der Waals surface area contributed by atoms with Gasteiger partial charge in [-0.05, 0) is 29.3 Å². The summed E-state index contributed by atoms with van der Waals surface area (Å²) in [5, 5.41) is 11.1. The summed E-state index contributed by atoms with van der Waals surface area (Å²) in [5.74, 6) is 0. The molecule has 0 unspecified atom stereocenters. The minimum atomic E-state index is -4.79. The number of hydrogen-bond acceptors (Lipinski definition) is 4. The normalized spacial score (nSPS) is 12.7. The second-order valence-corrected chi connectivity index (χ2v) is 7.73. The van der Waals surface area contributed by atoms with Crippen molar-refractivity contribution in [3.63, 3.8) is 0 Å². The monoisotopic (exact) mass is 453 g/mol. The van der Waals surface area contributed by atoms with Crippen molar-refractivity contribution >= 4 is 51.3 Å². The standard InChI is InChI=1S/C20H14Cl2FNO4S/c21-19-13-17(24(25)26)11-9-15(19)7-5-3-1-2-4-6-8-16-10-12-18(14-20(16)22)29(23,27)28/h1-14H/b3-1-,4-2-,7-5+,8-6-. The minimum absolute atomic E-state index is 0.0709. The number of hydrogen-bond donors (Lipinski definition) is 0. The van der Waals surface area contributed by atoms with E-state index < -0.39 is 20.0 Å². The second kappa shape index (κ2) is 10.2. The summed E-state index contributed by atoms with van der Waals surface area (Å²) < 4.78 is 34.6. The van der Waals surface area contributed by atoms with Gasteiger partial charge in [0.2, 0.25) is 0 Å². The Morgan fingerprint density at radius 1 is 0.828 bits per heavy atom. The van der Waals surface area contributed by atoms with E-state index in [9.17, 15) is 22.4 Å². The Kier molecular flexibility index (Phi) is 7.90. The summed E-state index contributed by atoms with van der Waals surface area (Å²) in [6.07, 6.45) is 13.7. The summed E-state index contributed by atoms with van der Waals surface area (Å²) in [4.78, 5) is 9.67. The Bertz CT molecular complexity index is 1140. The Labute approximate surface area is 177 Å². The summed E-state index contributed by atoms with van der Waals surface area (Å²) in [6, 6.07) is 7.82. The molecule has 9 heteroatoms. The van der Waals surface area contributed by atoms with Gasteiger partial charge >= 0.3 is 10.2 Å². The van der Waals surface area contributed by atoms with Crippen LogP contribution < -0.4 is 0 Å². The first-order valence-electron chi connectivity index (χ1n) is 8.05. The number of nitro groups is 1. The van der Waals surface area contributed by atoms with Crippen molar-refractivity contribution < 1.29 is 17.2 Å². The number of nitro benzene ring substituents is 1. The molecule has 0 aliphatic rings. The molecule has 0 aliphatic carbocycles. The Morgan fingerprint density at radius 2 is 1.31 bits per heavy atom. The smallest absolute Gasteiger partial charge is 0.258 e. The minimum Gasteiger partial charge on any atom is -0.258 e. The first-order valence-corrected chi connectivity index (χ1v) is 10.2. The summed E-state index contributed by atoms with van der Waals surface area (Å²) in [6.45, 7) is 0. The Balaban J connectivity index is 1.94. The maximum absolute atomic E-state index is 12.9. The van der Waals surface area contributed by atoms with Gasteiger partial charge in [0.1, 0.15) is 0 Å². The molecule has 2 aromatic rings. The van der Waals surface area contributed by atoms with Gasteiger partial charge in [0.05, 0.1) is 14.8 Å². The van der Waals surface area contributed by atoms with Crippen LogP contribution in [0.15, 0.2) is 77.7 Å². The molecule has 0 radical (unpaired) electrons. The van der Waals surface area contributed by atoms with Gasteiger partial charge in [-0.2, -0.15) is 8.42 Å². The van der Waals surface area contributed by atoms with E-state index in [2.05, 4.69) is 0 Å². The van der Waals surface area contributed by atoms with Gasteiger partial charge in [0.25, 0.3) is 5.69 Å². The maximum Gasteiger partial charge on any atom is 0.332 e. The highest BCUT2D eigenvalue weighted by Crippen LogP contribution is 2.24. The predicted octanol–water partition coefficient (Wildman–Crippen LogP) is 6.40. The first kappa shape index (κ1) is 22.5. The highest BCUT2D eigenvalue weighted by molar-refractivity contribution is 7.86. The molecule has 0 spiro atoms. The fourth-order valence-corrected chi connectivity index (χ4v) is 3.17. The molecular weight excluding hydrogens is 440 g/mol. The zero-order chi connectivity index (χ0) is 21.4. The van der Waals surface area contributed by atoms with Crippen LogP contribution in [0.25, 0.3) is 12.2 Å². The molecule has 0 saturated carbocycles. The molecule has 150 valence electrons. The van der Waals surface area contributed by atoms with Crippen LogP contribution in [0.5, 0.6) is 0 Å². The van der Waals surface area contributed by atoms with Crippen molar-refractivity contribution in [3.8, 4) is 0 Å². The van der Waals surface area contributed by atoms with E-state index >= 15 is 0 Å². The van der Waals surface area contributed by atoms with Crippen LogP contribution in [-0.2, 0) is 10.2 Å². The molecule has 0 aliphatic heterocycles. The molecule has 29 heavy (non-hydrogen) atoms. The topological polar surface area (TPSA) is 77.3 Å². The van der Waals surface area contributed by atoms with Gasteiger partial charge in [-0.15, -0.1) is 3.89 Å². The molecule has 0 aromatic heterocycles. The van der Waals surface area contributed by atoms with Crippen LogP contribution in [0, 0.1) is 10.1 Å². The maximum atomic E-state index is 12.9. The van der Waals surface area contributed by atoms with Gasteiger partial charge in [0.15, 0.2) is 0 Å². The quantitative estimate of drug-likeness (QED) is 0.210. The number of benzene rings is 2. The van der Waals surface area contributed by atoms with Gasteiger partial charge in [-0.25, -0.2) is 0 Å². The van der Waals surface area contributed by atoms with Crippen molar-refractivity contribution in [2.24, 2.45) is 0 Å².